The Bertz CT molecular complexity index is 1620. The fraction of sp³-hybridized carbons (Fsp3) is 0.538. The van der Waals surface area contributed by atoms with Crippen LogP contribution in [0.5, 0.6) is 0 Å². The molecule has 1 unspecified atom stereocenters. The van der Waals surface area contributed by atoms with Gasteiger partial charge in [-0.3, -0.25) is 9.88 Å². The molecular weight excluding hydrogens is 591 g/mol. The molecule has 7 nitrogen and oxygen atoms in total. The van der Waals surface area contributed by atoms with Crippen LogP contribution in [0.25, 0.3) is 11.1 Å². The Morgan fingerprint density at radius 2 is 1.77 bits per heavy atom. The normalized spacial score (nSPS) is 17.6. The van der Waals surface area contributed by atoms with Gasteiger partial charge in [0.1, 0.15) is 5.82 Å². The number of nitrogens with zero attached hydrogens (tertiary/aromatic N) is 4. The average molecular weight is 645 g/mol. The van der Waals surface area contributed by atoms with Crippen LogP contribution in [0.15, 0.2) is 36.4 Å². The summed E-state index contributed by atoms with van der Waals surface area (Å²) in [5.41, 5.74) is 9.61. The second-order valence-corrected chi connectivity index (χ2v) is 15.6. The third-order valence-corrected chi connectivity index (χ3v) is 9.61. The number of aryl methyl sites for hydroxylation is 2. The molecule has 1 saturated heterocycles. The van der Waals surface area contributed by atoms with E-state index in [1.165, 1.54) is 11.1 Å². The molecule has 0 saturated carbocycles. The van der Waals surface area contributed by atoms with Crippen molar-refractivity contribution in [2.24, 2.45) is 5.41 Å². The van der Waals surface area contributed by atoms with Gasteiger partial charge in [-0.1, -0.05) is 38.1 Å². The molecule has 5 rings (SSSR count). The van der Waals surface area contributed by atoms with Gasteiger partial charge in [-0.15, -0.1) is 0 Å². The molecule has 2 aliphatic heterocycles. The highest BCUT2D eigenvalue weighted by Gasteiger charge is 2.37. The second kappa shape index (κ2) is 13.7. The number of aliphatic carboxylic acids is 1. The van der Waals surface area contributed by atoms with Crippen molar-refractivity contribution in [3.63, 3.8) is 0 Å². The molecule has 1 atom stereocenters. The first-order valence-corrected chi connectivity index (χ1v) is 16.9. The van der Waals surface area contributed by atoms with Gasteiger partial charge in [0.25, 0.3) is 0 Å². The molecule has 1 fully saturated rings. The Balaban J connectivity index is 1.63. The van der Waals surface area contributed by atoms with E-state index in [0.717, 1.165) is 85.6 Å². The van der Waals surface area contributed by atoms with E-state index in [2.05, 4.69) is 46.7 Å². The number of aromatic nitrogens is 1. The summed E-state index contributed by atoms with van der Waals surface area (Å²) in [4.78, 5) is 25.1. The number of piperidine rings is 1. The lowest BCUT2D eigenvalue weighted by Gasteiger charge is -2.41. The van der Waals surface area contributed by atoms with Crippen molar-refractivity contribution in [2.75, 3.05) is 38.6 Å². The number of hydrogen-bond acceptors (Lipinski definition) is 6. The zero-order valence-corrected chi connectivity index (χ0v) is 29.8. The monoisotopic (exact) mass is 644 g/mol. The number of anilines is 1. The number of pyridine rings is 1. The molecule has 0 amide bonds. The van der Waals surface area contributed by atoms with Crippen LogP contribution in [0.4, 0.5) is 10.1 Å². The number of halogens is 1. The standard InChI is InChI=1S/C39H53FN4O3/c1-25-20-31(40)13-12-29(25)22-43-17-14-27-21-28(10-11-30(27)23-43)34-32(24-42(8)9)41-26(2)33(36(37(45)46)47-38(3,4)5)35(34)44-18-15-39(6,7)16-19-44/h10-13,20-21,36H,14-19,22-24H2,1-9H3,(H,45,46). The van der Waals surface area contributed by atoms with Crippen LogP contribution in [-0.4, -0.2) is 65.2 Å². The van der Waals surface area contributed by atoms with Gasteiger partial charge >= 0.3 is 5.97 Å². The van der Waals surface area contributed by atoms with Gasteiger partial charge in [0.15, 0.2) is 6.10 Å². The molecule has 0 radical (unpaired) electrons. The number of carboxylic acids is 1. The maximum atomic E-state index is 13.7. The molecule has 0 aliphatic carbocycles. The summed E-state index contributed by atoms with van der Waals surface area (Å²) in [6.45, 7) is 19.1. The minimum Gasteiger partial charge on any atom is -0.479 e. The van der Waals surface area contributed by atoms with Gasteiger partial charge in [-0.25, -0.2) is 9.18 Å². The lowest BCUT2D eigenvalue weighted by Crippen LogP contribution is -2.39. The Morgan fingerprint density at radius 1 is 1.06 bits per heavy atom. The molecule has 1 aromatic heterocycles. The number of hydrogen-bond donors (Lipinski definition) is 1. The van der Waals surface area contributed by atoms with Crippen molar-refractivity contribution in [1.29, 1.82) is 0 Å². The molecule has 0 spiro atoms. The summed E-state index contributed by atoms with van der Waals surface area (Å²) in [5.74, 6) is -1.20. The number of rotatable bonds is 9. The van der Waals surface area contributed by atoms with E-state index in [1.807, 2.05) is 54.8 Å². The van der Waals surface area contributed by atoms with Gasteiger partial charge in [-0.2, -0.15) is 0 Å². The zero-order chi connectivity index (χ0) is 34.3. The van der Waals surface area contributed by atoms with Gasteiger partial charge in [0.05, 0.1) is 17.0 Å². The Labute approximate surface area is 280 Å². The molecular formula is C39H53FN4O3. The van der Waals surface area contributed by atoms with Crippen molar-refractivity contribution in [2.45, 2.75) is 99.1 Å². The quantitative estimate of drug-likeness (QED) is 0.256. The number of benzene rings is 2. The van der Waals surface area contributed by atoms with E-state index in [-0.39, 0.29) is 11.2 Å². The molecule has 2 aliphatic rings. The zero-order valence-electron chi connectivity index (χ0n) is 29.8. The van der Waals surface area contributed by atoms with Gasteiger partial charge < -0.3 is 19.6 Å². The second-order valence-electron chi connectivity index (χ2n) is 15.6. The first kappa shape index (κ1) is 35.0. The lowest BCUT2D eigenvalue weighted by molar-refractivity contribution is -0.160. The van der Waals surface area contributed by atoms with Crippen molar-refractivity contribution >= 4 is 11.7 Å². The fourth-order valence-corrected chi connectivity index (χ4v) is 7.02. The highest BCUT2D eigenvalue weighted by atomic mass is 19.1. The maximum absolute atomic E-state index is 13.7. The summed E-state index contributed by atoms with van der Waals surface area (Å²) >= 11 is 0. The van der Waals surface area contributed by atoms with Crippen LogP contribution < -0.4 is 4.90 Å². The summed E-state index contributed by atoms with van der Waals surface area (Å²) in [7, 11) is 4.09. The first-order chi connectivity index (χ1) is 22.0. The topological polar surface area (TPSA) is 69.1 Å². The largest absolute Gasteiger partial charge is 0.479 e. The Morgan fingerprint density at radius 3 is 2.38 bits per heavy atom. The van der Waals surface area contributed by atoms with E-state index >= 15 is 0 Å². The number of carbonyl (C=O) groups is 1. The maximum Gasteiger partial charge on any atom is 0.337 e. The Hall–Kier alpha value is -3.33. The lowest BCUT2D eigenvalue weighted by atomic mass is 9.81. The molecule has 3 aromatic rings. The summed E-state index contributed by atoms with van der Waals surface area (Å²) in [5, 5.41) is 10.6. The highest BCUT2D eigenvalue weighted by Crippen LogP contribution is 2.45. The third-order valence-electron chi connectivity index (χ3n) is 9.61. The van der Waals surface area contributed by atoms with Crippen molar-refractivity contribution in [1.82, 2.24) is 14.8 Å². The van der Waals surface area contributed by atoms with E-state index in [1.54, 1.807) is 12.1 Å². The minimum atomic E-state index is -1.15. The van der Waals surface area contributed by atoms with Crippen LogP contribution in [0.2, 0.25) is 0 Å². The van der Waals surface area contributed by atoms with Crippen LogP contribution in [0.1, 0.15) is 92.8 Å². The summed E-state index contributed by atoms with van der Waals surface area (Å²) in [6, 6.07) is 11.8. The minimum absolute atomic E-state index is 0.197. The van der Waals surface area contributed by atoms with Gasteiger partial charge in [-0.05, 0) is 113 Å². The van der Waals surface area contributed by atoms with E-state index in [4.69, 9.17) is 9.72 Å². The van der Waals surface area contributed by atoms with Gasteiger partial charge in [0.2, 0.25) is 0 Å². The Kier molecular flexibility index (Phi) is 10.2. The summed E-state index contributed by atoms with van der Waals surface area (Å²) < 4.78 is 20.0. The average Bonchev–Trinajstić information content (AvgIpc) is 2.96. The van der Waals surface area contributed by atoms with Crippen LogP contribution in [0.3, 0.4) is 0 Å². The highest BCUT2D eigenvalue weighted by molar-refractivity contribution is 5.88. The smallest absolute Gasteiger partial charge is 0.337 e. The van der Waals surface area contributed by atoms with E-state index in [9.17, 15) is 14.3 Å². The molecule has 1 N–H and O–H groups in total. The van der Waals surface area contributed by atoms with Crippen molar-refractivity contribution < 1.29 is 19.0 Å². The van der Waals surface area contributed by atoms with E-state index < -0.39 is 17.7 Å². The van der Waals surface area contributed by atoms with Crippen molar-refractivity contribution in [3.8, 4) is 11.1 Å². The predicted octanol–water partition coefficient (Wildman–Crippen LogP) is 7.69. The van der Waals surface area contributed by atoms with Crippen molar-refractivity contribution in [3.05, 3.63) is 81.4 Å². The summed E-state index contributed by atoms with van der Waals surface area (Å²) in [6.07, 6.45) is 1.78. The molecule has 2 aromatic carbocycles. The van der Waals surface area contributed by atoms with E-state index in [0.29, 0.717) is 17.8 Å². The number of fused-ring (bicyclic) bond motifs is 1. The van der Waals surface area contributed by atoms with Crippen LogP contribution in [-0.2, 0) is 35.6 Å². The third kappa shape index (κ3) is 8.22. The number of carboxylic acid groups (broad SMARTS) is 1. The molecule has 254 valence electrons. The first-order valence-electron chi connectivity index (χ1n) is 16.9. The SMILES string of the molecule is Cc1cc(F)ccc1CN1CCc2cc(-c3c(CN(C)C)nc(C)c(C(OC(C)(C)C)C(=O)O)c3N3CCC(C)(C)CC3)ccc2C1. The molecule has 47 heavy (non-hydrogen) atoms. The van der Waals surface area contributed by atoms with Crippen LogP contribution >= 0.6 is 0 Å². The fourth-order valence-electron chi connectivity index (χ4n) is 7.02. The molecule has 0 bridgehead atoms. The molecule has 3 heterocycles. The number of ether oxygens (including phenoxy) is 1. The molecule has 8 heteroatoms. The van der Waals surface area contributed by atoms with Gasteiger partial charge in [0, 0.05) is 56.1 Å². The predicted molar refractivity (Wildman–Crippen MR) is 187 cm³/mol. The van der Waals surface area contributed by atoms with Crippen LogP contribution in [0, 0.1) is 25.1 Å².